The van der Waals surface area contributed by atoms with Gasteiger partial charge in [0.25, 0.3) is 0 Å². The molecule has 0 spiro atoms. The second kappa shape index (κ2) is 7.46. The molecule has 0 saturated carbocycles. The molecule has 130 valence electrons. The molecule has 3 aromatic rings. The van der Waals surface area contributed by atoms with Gasteiger partial charge in [0.05, 0.1) is 0 Å². The average Bonchev–Trinajstić information content (AvgIpc) is 3.00. The van der Waals surface area contributed by atoms with E-state index in [0.29, 0.717) is 11.1 Å². The van der Waals surface area contributed by atoms with Crippen molar-refractivity contribution < 1.29 is 9.34 Å². The van der Waals surface area contributed by atoms with Gasteiger partial charge in [0.15, 0.2) is 0 Å². The van der Waals surface area contributed by atoms with Gasteiger partial charge in [0, 0.05) is 25.0 Å². The first kappa shape index (κ1) is 17.1. The Bertz CT molecular complexity index is 871. The Labute approximate surface area is 146 Å². The van der Waals surface area contributed by atoms with E-state index in [-0.39, 0.29) is 5.88 Å². The van der Waals surface area contributed by atoms with Crippen molar-refractivity contribution in [3.8, 4) is 11.1 Å². The molecule has 6 heteroatoms. The zero-order valence-electron chi connectivity index (χ0n) is 14.4. The van der Waals surface area contributed by atoms with Crippen LogP contribution in [0.3, 0.4) is 0 Å². The van der Waals surface area contributed by atoms with Crippen LogP contribution in [0, 0.1) is 10.1 Å². The van der Waals surface area contributed by atoms with Crippen LogP contribution in [0.25, 0.3) is 22.1 Å². The zero-order chi connectivity index (χ0) is 17.8. The van der Waals surface area contributed by atoms with Crippen LogP contribution in [0.2, 0.25) is 0 Å². The van der Waals surface area contributed by atoms with Gasteiger partial charge in [-0.25, -0.2) is 0 Å². The Kier molecular flexibility index (Phi) is 5.11. The van der Waals surface area contributed by atoms with Crippen LogP contribution in [0.15, 0.2) is 52.9 Å². The number of para-hydroxylation sites is 1. The molecule has 0 fully saturated rings. The van der Waals surface area contributed by atoms with E-state index in [1.54, 1.807) is 6.07 Å². The SMILES string of the molecule is CNCCN(C)Cc1ccc(-c2c([N+](=O)[O-])oc3ccccc23)cc1. The summed E-state index contributed by atoms with van der Waals surface area (Å²) < 4.78 is 5.44. The van der Waals surface area contributed by atoms with Gasteiger partial charge in [-0.15, -0.1) is 0 Å². The minimum absolute atomic E-state index is 0.208. The Morgan fingerprint density at radius 2 is 1.88 bits per heavy atom. The van der Waals surface area contributed by atoms with Gasteiger partial charge in [-0.2, -0.15) is 0 Å². The number of hydrogen-bond acceptors (Lipinski definition) is 5. The van der Waals surface area contributed by atoms with Crippen molar-refractivity contribution in [1.82, 2.24) is 10.2 Å². The van der Waals surface area contributed by atoms with Crippen molar-refractivity contribution in [3.05, 3.63) is 64.2 Å². The van der Waals surface area contributed by atoms with Crippen LogP contribution in [-0.4, -0.2) is 37.0 Å². The number of nitrogens with one attached hydrogen (secondary N) is 1. The van der Waals surface area contributed by atoms with Crippen LogP contribution < -0.4 is 5.32 Å². The smallest absolute Gasteiger partial charge is 0.400 e. The van der Waals surface area contributed by atoms with Crippen LogP contribution in [0.4, 0.5) is 5.88 Å². The van der Waals surface area contributed by atoms with Crippen molar-refractivity contribution in [2.24, 2.45) is 0 Å². The van der Waals surface area contributed by atoms with E-state index in [0.717, 1.165) is 36.1 Å². The lowest BCUT2D eigenvalue weighted by Gasteiger charge is -2.16. The number of nitro groups is 1. The third kappa shape index (κ3) is 3.70. The van der Waals surface area contributed by atoms with Gasteiger partial charge in [-0.05, 0) is 31.3 Å². The number of nitrogens with zero attached hydrogens (tertiary/aromatic N) is 2. The quantitative estimate of drug-likeness (QED) is 0.525. The summed E-state index contributed by atoms with van der Waals surface area (Å²) in [6, 6.07) is 15.1. The number of hydrogen-bond donors (Lipinski definition) is 1. The molecule has 0 aliphatic carbocycles. The predicted octanol–water partition coefficient (Wildman–Crippen LogP) is 3.66. The van der Waals surface area contributed by atoms with Gasteiger partial charge in [-0.3, -0.25) is 10.1 Å². The third-order valence-electron chi connectivity index (χ3n) is 4.18. The molecule has 25 heavy (non-hydrogen) atoms. The molecule has 0 bridgehead atoms. The first-order valence-electron chi connectivity index (χ1n) is 8.18. The Morgan fingerprint density at radius 3 is 2.56 bits per heavy atom. The summed E-state index contributed by atoms with van der Waals surface area (Å²) in [6.07, 6.45) is 0. The first-order valence-corrected chi connectivity index (χ1v) is 8.18. The maximum Gasteiger partial charge on any atom is 0.442 e. The topological polar surface area (TPSA) is 71.5 Å². The highest BCUT2D eigenvalue weighted by atomic mass is 16.6. The van der Waals surface area contributed by atoms with Gasteiger partial charge in [0.2, 0.25) is 0 Å². The Morgan fingerprint density at radius 1 is 1.16 bits per heavy atom. The minimum Gasteiger partial charge on any atom is -0.400 e. The highest BCUT2D eigenvalue weighted by molar-refractivity contribution is 5.98. The fraction of sp³-hybridized carbons (Fsp3) is 0.263. The Hall–Kier alpha value is -2.70. The molecule has 6 nitrogen and oxygen atoms in total. The van der Waals surface area contributed by atoms with Crippen molar-refractivity contribution >= 4 is 16.9 Å². The molecule has 0 radical (unpaired) electrons. The summed E-state index contributed by atoms with van der Waals surface area (Å²) in [5, 5.41) is 15.3. The molecule has 0 saturated heterocycles. The lowest BCUT2D eigenvalue weighted by atomic mass is 10.0. The fourth-order valence-corrected chi connectivity index (χ4v) is 2.91. The van der Waals surface area contributed by atoms with Gasteiger partial charge < -0.3 is 14.6 Å². The van der Waals surface area contributed by atoms with E-state index in [9.17, 15) is 10.1 Å². The number of benzene rings is 2. The van der Waals surface area contributed by atoms with Crippen LogP contribution in [-0.2, 0) is 6.54 Å². The lowest BCUT2D eigenvalue weighted by molar-refractivity contribution is -0.400. The molecule has 0 aliphatic heterocycles. The largest absolute Gasteiger partial charge is 0.442 e. The Balaban J connectivity index is 1.91. The number of rotatable bonds is 7. The monoisotopic (exact) mass is 339 g/mol. The maximum absolute atomic E-state index is 11.4. The highest BCUT2D eigenvalue weighted by Gasteiger charge is 2.24. The van der Waals surface area contributed by atoms with Crippen molar-refractivity contribution in [1.29, 1.82) is 0 Å². The number of likely N-dealkylation sites (N-methyl/N-ethyl adjacent to an activating group) is 2. The molecular weight excluding hydrogens is 318 g/mol. The molecule has 3 rings (SSSR count). The molecule has 0 atom stereocenters. The number of furan rings is 1. The minimum atomic E-state index is -0.464. The summed E-state index contributed by atoms with van der Waals surface area (Å²) in [7, 11) is 4.00. The van der Waals surface area contributed by atoms with Gasteiger partial charge in [-0.1, -0.05) is 42.5 Å². The number of fused-ring (bicyclic) bond motifs is 1. The third-order valence-corrected chi connectivity index (χ3v) is 4.18. The van der Waals surface area contributed by atoms with Crippen molar-refractivity contribution in [2.75, 3.05) is 27.2 Å². The van der Waals surface area contributed by atoms with E-state index >= 15 is 0 Å². The molecule has 1 aromatic heterocycles. The van der Waals surface area contributed by atoms with E-state index in [2.05, 4.69) is 17.3 Å². The van der Waals surface area contributed by atoms with E-state index in [1.807, 2.05) is 49.5 Å². The van der Waals surface area contributed by atoms with Crippen molar-refractivity contribution in [2.45, 2.75) is 6.54 Å². The fourth-order valence-electron chi connectivity index (χ4n) is 2.91. The predicted molar refractivity (Wildman–Crippen MR) is 98.6 cm³/mol. The molecule has 1 heterocycles. The normalized spacial score (nSPS) is 11.3. The maximum atomic E-state index is 11.4. The molecule has 0 aliphatic rings. The van der Waals surface area contributed by atoms with E-state index < -0.39 is 4.92 Å². The summed E-state index contributed by atoms with van der Waals surface area (Å²) >= 11 is 0. The lowest BCUT2D eigenvalue weighted by Crippen LogP contribution is -2.26. The summed E-state index contributed by atoms with van der Waals surface area (Å²) in [4.78, 5) is 13.1. The molecule has 0 amide bonds. The second-order valence-corrected chi connectivity index (χ2v) is 6.07. The summed E-state index contributed by atoms with van der Waals surface area (Å²) in [6.45, 7) is 2.72. The molecular formula is C19H21N3O3. The highest BCUT2D eigenvalue weighted by Crippen LogP contribution is 2.39. The molecule has 0 unspecified atom stereocenters. The zero-order valence-corrected chi connectivity index (χ0v) is 14.4. The van der Waals surface area contributed by atoms with Crippen LogP contribution >= 0.6 is 0 Å². The molecule has 1 N–H and O–H groups in total. The summed E-state index contributed by atoms with van der Waals surface area (Å²) in [5.41, 5.74) is 3.02. The van der Waals surface area contributed by atoms with E-state index in [1.165, 1.54) is 0 Å². The summed E-state index contributed by atoms with van der Waals surface area (Å²) in [5.74, 6) is -0.208. The van der Waals surface area contributed by atoms with Crippen LogP contribution in [0.1, 0.15) is 5.56 Å². The van der Waals surface area contributed by atoms with E-state index in [4.69, 9.17) is 4.42 Å². The van der Waals surface area contributed by atoms with Gasteiger partial charge in [0.1, 0.15) is 16.1 Å². The second-order valence-electron chi connectivity index (χ2n) is 6.07. The molecule has 2 aromatic carbocycles. The first-order chi connectivity index (χ1) is 12.1. The standard InChI is InChI=1S/C19H21N3O3/c1-20-11-12-21(2)13-14-7-9-15(10-8-14)18-16-5-3-4-6-17(16)25-19(18)22(23)24/h3-10,20H,11-13H2,1-2H3. The average molecular weight is 339 g/mol. The van der Waals surface area contributed by atoms with Crippen molar-refractivity contribution in [3.63, 3.8) is 0 Å². The van der Waals surface area contributed by atoms with Crippen LogP contribution in [0.5, 0.6) is 0 Å². The van der Waals surface area contributed by atoms with Gasteiger partial charge >= 0.3 is 5.88 Å².